The summed E-state index contributed by atoms with van der Waals surface area (Å²) in [6.07, 6.45) is 6.31. The lowest BCUT2D eigenvalue weighted by Gasteiger charge is -2.13. The molecule has 3 heteroatoms. The van der Waals surface area contributed by atoms with Gasteiger partial charge in [-0.2, -0.15) is 0 Å². The fraction of sp³-hybridized carbons (Fsp3) is 0.400. The lowest BCUT2D eigenvalue weighted by molar-refractivity contribution is 0.104. The molecule has 0 aliphatic heterocycles. The van der Waals surface area contributed by atoms with Gasteiger partial charge in [0.2, 0.25) is 0 Å². The lowest BCUT2D eigenvalue weighted by Crippen LogP contribution is -2.09. The van der Waals surface area contributed by atoms with Crippen molar-refractivity contribution in [2.45, 2.75) is 38.8 Å². The monoisotopic (exact) mass is 244 g/mol. The number of benzene rings is 1. The zero-order valence-electron chi connectivity index (χ0n) is 11.0. The van der Waals surface area contributed by atoms with Crippen LogP contribution in [-0.2, 0) is 6.42 Å². The van der Waals surface area contributed by atoms with Gasteiger partial charge in [-0.25, -0.2) is 4.98 Å². The SMILES string of the molecule is CCC(C)c1ccc(CC(O)n2ccnc2)cc1. The molecule has 2 aromatic rings. The Morgan fingerprint density at radius 1 is 1.28 bits per heavy atom. The first-order chi connectivity index (χ1) is 8.70. The summed E-state index contributed by atoms with van der Waals surface area (Å²) < 4.78 is 1.71. The highest BCUT2D eigenvalue weighted by molar-refractivity contribution is 5.25. The van der Waals surface area contributed by atoms with Crippen LogP contribution in [0.1, 0.15) is 43.5 Å². The Hall–Kier alpha value is -1.61. The van der Waals surface area contributed by atoms with Crippen molar-refractivity contribution in [3.05, 3.63) is 54.1 Å². The molecule has 1 N–H and O–H groups in total. The van der Waals surface area contributed by atoms with Crippen LogP contribution in [0.25, 0.3) is 0 Å². The van der Waals surface area contributed by atoms with Crippen molar-refractivity contribution < 1.29 is 5.11 Å². The minimum absolute atomic E-state index is 0.540. The highest BCUT2D eigenvalue weighted by Gasteiger charge is 2.08. The van der Waals surface area contributed by atoms with E-state index in [9.17, 15) is 5.11 Å². The second-order valence-electron chi connectivity index (χ2n) is 4.75. The van der Waals surface area contributed by atoms with Gasteiger partial charge in [-0.05, 0) is 23.5 Å². The predicted octanol–water partition coefficient (Wildman–Crippen LogP) is 3.13. The Kier molecular flexibility index (Phi) is 4.15. The number of aromatic nitrogens is 2. The van der Waals surface area contributed by atoms with Gasteiger partial charge in [0.1, 0.15) is 6.23 Å². The summed E-state index contributed by atoms with van der Waals surface area (Å²) in [7, 11) is 0. The Balaban J connectivity index is 2.02. The lowest BCUT2D eigenvalue weighted by atomic mass is 9.97. The van der Waals surface area contributed by atoms with E-state index >= 15 is 0 Å². The van der Waals surface area contributed by atoms with Crippen LogP contribution in [0, 0.1) is 0 Å². The number of aliphatic hydroxyl groups is 1. The average molecular weight is 244 g/mol. The Morgan fingerprint density at radius 2 is 2.00 bits per heavy atom. The van der Waals surface area contributed by atoms with Crippen molar-refractivity contribution in [1.29, 1.82) is 0 Å². The molecule has 96 valence electrons. The van der Waals surface area contributed by atoms with Crippen molar-refractivity contribution in [1.82, 2.24) is 9.55 Å². The summed E-state index contributed by atoms with van der Waals surface area (Å²) in [5.74, 6) is 0.595. The minimum Gasteiger partial charge on any atom is -0.373 e. The van der Waals surface area contributed by atoms with E-state index < -0.39 is 6.23 Å². The summed E-state index contributed by atoms with van der Waals surface area (Å²) in [4.78, 5) is 3.94. The number of aliphatic hydroxyl groups excluding tert-OH is 1. The number of nitrogens with zero attached hydrogens (tertiary/aromatic N) is 2. The number of rotatable bonds is 5. The molecular formula is C15H20N2O. The molecule has 1 heterocycles. The standard InChI is InChI=1S/C15H20N2O/c1-3-12(2)14-6-4-13(5-7-14)10-15(18)17-9-8-16-11-17/h4-9,11-12,15,18H,3,10H2,1-2H3. The van der Waals surface area contributed by atoms with Gasteiger partial charge in [-0.1, -0.05) is 38.1 Å². The first-order valence-corrected chi connectivity index (χ1v) is 6.45. The van der Waals surface area contributed by atoms with Crippen LogP contribution in [-0.4, -0.2) is 14.7 Å². The first kappa shape index (κ1) is 12.8. The van der Waals surface area contributed by atoms with Crippen LogP contribution in [0.2, 0.25) is 0 Å². The van der Waals surface area contributed by atoms with E-state index in [4.69, 9.17) is 0 Å². The number of imidazole rings is 1. The van der Waals surface area contributed by atoms with Gasteiger partial charge in [0.25, 0.3) is 0 Å². The largest absolute Gasteiger partial charge is 0.373 e. The molecule has 0 saturated heterocycles. The molecule has 3 nitrogen and oxygen atoms in total. The van der Waals surface area contributed by atoms with Gasteiger partial charge in [0.05, 0.1) is 6.33 Å². The maximum atomic E-state index is 10.0. The van der Waals surface area contributed by atoms with Gasteiger partial charge < -0.3 is 9.67 Å². The predicted molar refractivity (Wildman–Crippen MR) is 72.3 cm³/mol. The van der Waals surface area contributed by atoms with Gasteiger partial charge in [0.15, 0.2) is 0 Å². The molecule has 2 rings (SSSR count). The van der Waals surface area contributed by atoms with Crippen LogP contribution < -0.4 is 0 Å². The molecule has 0 fully saturated rings. The van der Waals surface area contributed by atoms with Gasteiger partial charge in [-0.3, -0.25) is 0 Å². The molecule has 0 aliphatic carbocycles. The van der Waals surface area contributed by atoms with Gasteiger partial charge >= 0.3 is 0 Å². The highest BCUT2D eigenvalue weighted by atomic mass is 16.3. The van der Waals surface area contributed by atoms with Crippen LogP contribution in [0.4, 0.5) is 0 Å². The third-order valence-corrected chi connectivity index (χ3v) is 3.45. The van der Waals surface area contributed by atoms with E-state index in [-0.39, 0.29) is 0 Å². The molecule has 2 unspecified atom stereocenters. The van der Waals surface area contributed by atoms with Crippen molar-refractivity contribution in [2.75, 3.05) is 0 Å². The molecule has 0 bridgehead atoms. The quantitative estimate of drug-likeness (QED) is 0.877. The molecule has 0 radical (unpaired) electrons. The van der Waals surface area contributed by atoms with E-state index in [1.165, 1.54) is 5.56 Å². The molecule has 1 aromatic carbocycles. The molecule has 0 amide bonds. The topological polar surface area (TPSA) is 38.0 Å². The average Bonchev–Trinajstić information content (AvgIpc) is 2.92. The van der Waals surface area contributed by atoms with Crippen LogP contribution in [0.3, 0.4) is 0 Å². The third-order valence-electron chi connectivity index (χ3n) is 3.45. The maximum absolute atomic E-state index is 10.0. The summed E-state index contributed by atoms with van der Waals surface area (Å²) in [5, 5.41) is 10.0. The van der Waals surface area contributed by atoms with Crippen LogP contribution in [0.15, 0.2) is 43.0 Å². The zero-order valence-corrected chi connectivity index (χ0v) is 11.0. The second-order valence-corrected chi connectivity index (χ2v) is 4.75. The summed E-state index contributed by atoms with van der Waals surface area (Å²) in [6.45, 7) is 4.43. The van der Waals surface area contributed by atoms with Crippen molar-refractivity contribution >= 4 is 0 Å². The Bertz CT molecular complexity index is 462. The second kappa shape index (κ2) is 5.83. The van der Waals surface area contributed by atoms with E-state index in [2.05, 4.69) is 43.1 Å². The summed E-state index contributed by atoms with van der Waals surface area (Å²) in [5.41, 5.74) is 2.50. The van der Waals surface area contributed by atoms with E-state index in [0.29, 0.717) is 12.3 Å². The van der Waals surface area contributed by atoms with Crippen LogP contribution >= 0.6 is 0 Å². The highest BCUT2D eigenvalue weighted by Crippen LogP contribution is 2.20. The molecule has 0 aliphatic rings. The fourth-order valence-electron chi connectivity index (χ4n) is 1.98. The van der Waals surface area contributed by atoms with E-state index in [1.54, 1.807) is 23.3 Å². The van der Waals surface area contributed by atoms with E-state index in [1.807, 2.05) is 0 Å². The van der Waals surface area contributed by atoms with Crippen molar-refractivity contribution in [2.24, 2.45) is 0 Å². The molecule has 1 aromatic heterocycles. The van der Waals surface area contributed by atoms with Crippen LogP contribution in [0.5, 0.6) is 0 Å². The smallest absolute Gasteiger partial charge is 0.135 e. The molecule has 0 spiro atoms. The fourth-order valence-corrected chi connectivity index (χ4v) is 1.98. The summed E-state index contributed by atoms with van der Waals surface area (Å²) >= 11 is 0. The van der Waals surface area contributed by atoms with Gasteiger partial charge in [0, 0.05) is 18.8 Å². The minimum atomic E-state index is -0.540. The van der Waals surface area contributed by atoms with Gasteiger partial charge in [-0.15, -0.1) is 0 Å². The Morgan fingerprint density at radius 3 is 2.56 bits per heavy atom. The normalized spacial score (nSPS) is 14.4. The maximum Gasteiger partial charge on any atom is 0.135 e. The molecular weight excluding hydrogens is 224 g/mol. The molecule has 0 saturated carbocycles. The van der Waals surface area contributed by atoms with Crippen molar-refractivity contribution in [3.8, 4) is 0 Å². The first-order valence-electron chi connectivity index (χ1n) is 6.45. The third kappa shape index (κ3) is 2.99. The van der Waals surface area contributed by atoms with E-state index in [0.717, 1.165) is 12.0 Å². The Labute approximate surface area is 108 Å². The molecule has 2 atom stereocenters. The zero-order chi connectivity index (χ0) is 13.0. The molecule has 18 heavy (non-hydrogen) atoms. The number of hydrogen-bond acceptors (Lipinski definition) is 2. The number of hydrogen-bond donors (Lipinski definition) is 1. The van der Waals surface area contributed by atoms with Crippen molar-refractivity contribution in [3.63, 3.8) is 0 Å². The summed E-state index contributed by atoms with van der Waals surface area (Å²) in [6, 6.07) is 8.51.